The first kappa shape index (κ1) is 23.3. The van der Waals surface area contributed by atoms with E-state index >= 15 is 0 Å². The Bertz CT molecular complexity index is 1030. The molecule has 6 heteroatoms. The minimum absolute atomic E-state index is 0.243. The molecular weight excluding hydrogens is 416 g/mol. The zero-order valence-electron chi connectivity index (χ0n) is 19.4. The molecule has 0 aliphatic carbocycles. The normalized spacial score (nSPS) is 19.1. The summed E-state index contributed by atoms with van der Waals surface area (Å²) >= 11 is 0. The van der Waals surface area contributed by atoms with Gasteiger partial charge in [-0.2, -0.15) is 0 Å². The lowest BCUT2D eigenvalue weighted by molar-refractivity contribution is -0.146. The molecule has 0 spiro atoms. The molecule has 4 rings (SSSR count). The average Bonchev–Trinajstić information content (AvgIpc) is 3.36. The molecule has 176 valence electrons. The van der Waals surface area contributed by atoms with Gasteiger partial charge in [0, 0.05) is 18.1 Å². The molecule has 0 bridgehead atoms. The van der Waals surface area contributed by atoms with Crippen LogP contribution in [-0.4, -0.2) is 47.7 Å². The van der Waals surface area contributed by atoms with Crippen LogP contribution in [0.25, 0.3) is 10.9 Å². The summed E-state index contributed by atoms with van der Waals surface area (Å²) in [5, 5.41) is 11.0. The number of carboxylic acid groups (broad SMARTS) is 1. The summed E-state index contributed by atoms with van der Waals surface area (Å²) in [4.78, 5) is 18.8. The fraction of sp³-hybridized carbons (Fsp3) is 0.481. The number of unbranched alkanes of at least 4 members (excludes halogenated alkanes) is 1. The first-order valence-corrected chi connectivity index (χ1v) is 12.0. The maximum absolute atomic E-state index is 12.0. The average molecular weight is 451 g/mol. The molecule has 3 aromatic rings. The maximum atomic E-state index is 12.0. The van der Waals surface area contributed by atoms with E-state index in [1.165, 1.54) is 11.1 Å². The third-order valence-electron chi connectivity index (χ3n) is 6.99. The van der Waals surface area contributed by atoms with Crippen LogP contribution in [0.5, 0.6) is 5.75 Å². The van der Waals surface area contributed by atoms with Crippen LogP contribution < -0.4 is 4.74 Å². The fourth-order valence-corrected chi connectivity index (χ4v) is 5.08. The minimum Gasteiger partial charge on any atom is -0.497 e. The number of likely N-dealkylation sites (tertiary alicyclic amines) is 1. The number of carboxylic acids is 1. The van der Waals surface area contributed by atoms with E-state index in [0.717, 1.165) is 74.7 Å². The topological polar surface area (TPSA) is 75.8 Å². The quantitative estimate of drug-likeness (QED) is 0.405. The number of carbonyl (C=O) groups is 1. The van der Waals surface area contributed by atoms with Gasteiger partial charge in [0.05, 0.1) is 31.1 Å². The molecule has 1 aromatic carbocycles. The smallest absolute Gasteiger partial charge is 0.308 e. The molecule has 2 aromatic heterocycles. The van der Waals surface area contributed by atoms with Gasteiger partial charge in [-0.15, -0.1) is 0 Å². The third kappa shape index (κ3) is 6.14. The first-order chi connectivity index (χ1) is 16.1. The Morgan fingerprint density at radius 3 is 2.91 bits per heavy atom. The van der Waals surface area contributed by atoms with E-state index in [9.17, 15) is 9.90 Å². The number of benzene rings is 1. The number of aryl methyl sites for hydroxylation is 2. The summed E-state index contributed by atoms with van der Waals surface area (Å²) in [5.41, 5.74) is 3.45. The largest absolute Gasteiger partial charge is 0.497 e. The van der Waals surface area contributed by atoms with Crippen LogP contribution in [0.2, 0.25) is 0 Å². The van der Waals surface area contributed by atoms with Crippen molar-refractivity contribution in [2.75, 3.05) is 26.7 Å². The number of ether oxygens (including phenoxy) is 1. The number of piperidine rings is 1. The van der Waals surface area contributed by atoms with Crippen LogP contribution in [0.3, 0.4) is 0 Å². The highest BCUT2D eigenvalue weighted by molar-refractivity contribution is 5.83. The molecule has 1 fully saturated rings. The second-order valence-electron chi connectivity index (χ2n) is 9.13. The van der Waals surface area contributed by atoms with Crippen molar-refractivity contribution in [3.8, 4) is 5.75 Å². The third-order valence-corrected chi connectivity index (χ3v) is 6.99. The van der Waals surface area contributed by atoms with Crippen LogP contribution >= 0.6 is 0 Å². The Balaban J connectivity index is 1.27. The molecule has 0 unspecified atom stereocenters. The number of fused-ring (bicyclic) bond motifs is 1. The van der Waals surface area contributed by atoms with Crippen molar-refractivity contribution >= 4 is 16.9 Å². The van der Waals surface area contributed by atoms with Crippen LogP contribution in [0.1, 0.15) is 43.2 Å². The van der Waals surface area contributed by atoms with Crippen LogP contribution in [0, 0.1) is 11.8 Å². The summed E-state index contributed by atoms with van der Waals surface area (Å²) in [5.74, 6) is 0.149. The standard InChI is InChI=1S/C27H34N2O4/c1-32-23-8-9-26-24(17-23)21(10-13-28-26)6-4-7-22-11-15-29(18-25(22)27(30)31)14-3-2-5-20-12-16-33-19-20/h8-10,12-13,16-17,19,22,25H,2-7,11,14-15,18H2,1H3,(H,30,31)/t22-,25+/m1/s1. The van der Waals surface area contributed by atoms with E-state index in [1.54, 1.807) is 19.6 Å². The number of hydrogen-bond acceptors (Lipinski definition) is 5. The van der Waals surface area contributed by atoms with Gasteiger partial charge < -0.3 is 19.2 Å². The molecule has 1 aliphatic rings. The van der Waals surface area contributed by atoms with E-state index in [1.807, 2.05) is 30.5 Å². The van der Waals surface area contributed by atoms with E-state index in [-0.39, 0.29) is 11.8 Å². The summed E-state index contributed by atoms with van der Waals surface area (Å²) < 4.78 is 10.5. The number of pyridine rings is 1. The van der Waals surface area contributed by atoms with Gasteiger partial charge in [0.15, 0.2) is 0 Å². The Morgan fingerprint density at radius 2 is 2.12 bits per heavy atom. The Morgan fingerprint density at radius 1 is 1.21 bits per heavy atom. The molecule has 1 N–H and O–H groups in total. The fourth-order valence-electron chi connectivity index (χ4n) is 5.08. The molecule has 2 atom stereocenters. The lowest BCUT2D eigenvalue weighted by atomic mass is 9.81. The zero-order valence-corrected chi connectivity index (χ0v) is 19.4. The van der Waals surface area contributed by atoms with E-state index in [0.29, 0.717) is 6.54 Å². The van der Waals surface area contributed by atoms with Crippen molar-refractivity contribution in [3.63, 3.8) is 0 Å². The number of aliphatic carboxylic acids is 1. The molecule has 0 saturated carbocycles. The minimum atomic E-state index is -0.651. The van der Waals surface area contributed by atoms with Crippen LogP contribution in [-0.2, 0) is 17.6 Å². The number of methoxy groups -OCH3 is 1. The second-order valence-corrected chi connectivity index (χ2v) is 9.13. The van der Waals surface area contributed by atoms with Crippen molar-refractivity contribution in [3.05, 3.63) is 60.2 Å². The second kappa shape index (κ2) is 11.3. The number of aromatic nitrogens is 1. The van der Waals surface area contributed by atoms with Crippen molar-refractivity contribution in [2.24, 2.45) is 11.8 Å². The maximum Gasteiger partial charge on any atom is 0.308 e. The van der Waals surface area contributed by atoms with E-state index in [4.69, 9.17) is 9.15 Å². The molecule has 0 radical (unpaired) electrons. The van der Waals surface area contributed by atoms with Gasteiger partial charge in [-0.1, -0.05) is 0 Å². The molecule has 3 heterocycles. The SMILES string of the molecule is COc1ccc2nccc(CCC[C@@H]3CCN(CCCCc4ccoc4)C[C@@H]3C(=O)O)c2c1. The zero-order chi connectivity index (χ0) is 23.0. The molecule has 1 aliphatic heterocycles. The van der Waals surface area contributed by atoms with Crippen LogP contribution in [0.4, 0.5) is 0 Å². The molecule has 1 saturated heterocycles. The van der Waals surface area contributed by atoms with Gasteiger partial charge >= 0.3 is 5.97 Å². The highest BCUT2D eigenvalue weighted by Gasteiger charge is 2.33. The number of nitrogens with zero attached hydrogens (tertiary/aromatic N) is 2. The lowest BCUT2D eigenvalue weighted by Gasteiger charge is -2.36. The van der Waals surface area contributed by atoms with E-state index < -0.39 is 5.97 Å². The van der Waals surface area contributed by atoms with Crippen molar-refractivity contribution in [2.45, 2.75) is 44.9 Å². The van der Waals surface area contributed by atoms with Crippen molar-refractivity contribution in [1.82, 2.24) is 9.88 Å². The predicted octanol–water partition coefficient (Wildman–Crippen LogP) is 5.20. The van der Waals surface area contributed by atoms with Gasteiger partial charge in [0.25, 0.3) is 0 Å². The summed E-state index contributed by atoms with van der Waals surface area (Å²) in [7, 11) is 1.68. The molecule has 6 nitrogen and oxygen atoms in total. The van der Waals surface area contributed by atoms with Gasteiger partial charge in [0.1, 0.15) is 5.75 Å². The highest BCUT2D eigenvalue weighted by atomic mass is 16.5. The van der Waals surface area contributed by atoms with Gasteiger partial charge in [0.2, 0.25) is 0 Å². The first-order valence-electron chi connectivity index (χ1n) is 12.0. The number of furan rings is 1. The van der Waals surface area contributed by atoms with Gasteiger partial charge in [-0.25, -0.2) is 0 Å². The van der Waals surface area contributed by atoms with Crippen molar-refractivity contribution in [1.29, 1.82) is 0 Å². The molecule has 0 amide bonds. The Hall–Kier alpha value is -2.86. The lowest BCUT2D eigenvalue weighted by Crippen LogP contribution is -2.44. The Labute approximate surface area is 195 Å². The number of rotatable bonds is 11. The summed E-state index contributed by atoms with van der Waals surface area (Å²) in [6.07, 6.45) is 12.4. The Kier molecular flexibility index (Phi) is 8.00. The molecular formula is C27H34N2O4. The van der Waals surface area contributed by atoms with Gasteiger partial charge in [-0.05, 0) is 105 Å². The number of hydrogen-bond donors (Lipinski definition) is 1. The van der Waals surface area contributed by atoms with Crippen LogP contribution in [0.15, 0.2) is 53.5 Å². The van der Waals surface area contributed by atoms with Gasteiger partial charge in [-0.3, -0.25) is 9.78 Å². The summed E-state index contributed by atoms with van der Waals surface area (Å²) in [6, 6.07) is 10.0. The monoisotopic (exact) mass is 450 g/mol. The van der Waals surface area contributed by atoms with Crippen molar-refractivity contribution < 1.29 is 19.1 Å². The van der Waals surface area contributed by atoms with E-state index in [2.05, 4.69) is 16.0 Å². The predicted molar refractivity (Wildman–Crippen MR) is 129 cm³/mol. The molecule has 33 heavy (non-hydrogen) atoms. The highest BCUT2D eigenvalue weighted by Crippen LogP contribution is 2.30. The summed E-state index contributed by atoms with van der Waals surface area (Å²) in [6.45, 7) is 2.63.